The molecule has 1 N–H and O–H groups in total. The fourth-order valence-corrected chi connectivity index (χ4v) is 2.01. The molecule has 1 nitrogen and oxygen atoms in total. The quantitative estimate of drug-likeness (QED) is 0.828. The molecule has 2 heteroatoms. The molecule has 1 heterocycles. The zero-order chi connectivity index (χ0) is 9.97. The Morgan fingerprint density at radius 3 is 2.86 bits per heavy atom. The average molecular weight is 250 g/mol. The van der Waals surface area contributed by atoms with Gasteiger partial charge in [-0.25, -0.2) is 0 Å². The molecule has 0 amide bonds. The Morgan fingerprint density at radius 1 is 1.29 bits per heavy atom. The van der Waals surface area contributed by atoms with Crippen molar-refractivity contribution in [3.05, 3.63) is 46.6 Å². The van der Waals surface area contributed by atoms with Gasteiger partial charge in [-0.05, 0) is 35.7 Å². The first-order valence-electron chi connectivity index (χ1n) is 4.73. The molecular weight excluding hydrogens is 238 g/mol. The molecule has 0 spiro atoms. The van der Waals surface area contributed by atoms with Crippen molar-refractivity contribution in [3.8, 4) is 11.3 Å². The van der Waals surface area contributed by atoms with Crippen LogP contribution in [0.15, 0.2) is 41.0 Å². The second kappa shape index (κ2) is 4.01. The number of hydrogen-bond donors (Lipinski definition) is 1. The first-order chi connectivity index (χ1) is 6.81. The molecule has 0 aliphatic carbocycles. The van der Waals surface area contributed by atoms with Crippen LogP contribution in [0.5, 0.6) is 0 Å². The molecular formula is C12H12BrN. The molecule has 0 saturated heterocycles. The Bertz CT molecular complexity index is 431. The maximum atomic E-state index is 3.48. The van der Waals surface area contributed by atoms with Gasteiger partial charge in [0.2, 0.25) is 0 Å². The second-order valence-corrected chi connectivity index (χ2v) is 4.16. The minimum atomic E-state index is 1.06. The number of aromatic nitrogens is 1. The zero-order valence-electron chi connectivity index (χ0n) is 8.05. The minimum absolute atomic E-state index is 1.06. The van der Waals surface area contributed by atoms with Crippen LogP contribution in [0.1, 0.15) is 12.5 Å². The monoisotopic (exact) mass is 249 g/mol. The van der Waals surface area contributed by atoms with Crippen LogP contribution in [0.4, 0.5) is 0 Å². The third-order valence-corrected chi connectivity index (χ3v) is 2.82. The fraction of sp³-hybridized carbons (Fsp3) is 0.167. The van der Waals surface area contributed by atoms with E-state index < -0.39 is 0 Å². The number of rotatable bonds is 2. The summed E-state index contributed by atoms with van der Waals surface area (Å²) in [4.78, 5) is 3.28. The smallest absolute Gasteiger partial charge is 0.0486 e. The molecule has 2 rings (SSSR count). The SMILES string of the molecule is CCc1cc[nH]c1-c1cccc(Br)c1. The van der Waals surface area contributed by atoms with Crippen LogP contribution in [-0.2, 0) is 6.42 Å². The molecule has 0 aliphatic rings. The van der Waals surface area contributed by atoms with Crippen molar-refractivity contribution in [2.75, 3.05) is 0 Å². The van der Waals surface area contributed by atoms with Crippen molar-refractivity contribution in [3.63, 3.8) is 0 Å². The van der Waals surface area contributed by atoms with Gasteiger partial charge in [-0.2, -0.15) is 0 Å². The van der Waals surface area contributed by atoms with Gasteiger partial charge >= 0.3 is 0 Å². The molecule has 0 saturated carbocycles. The van der Waals surface area contributed by atoms with Crippen molar-refractivity contribution < 1.29 is 0 Å². The second-order valence-electron chi connectivity index (χ2n) is 3.24. The van der Waals surface area contributed by atoms with Gasteiger partial charge in [-0.3, -0.25) is 0 Å². The summed E-state index contributed by atoms with van der Waals surface area (Å²) in [5.74, 6) is 0. The molecule has 2 aromatic rings. The number of aryl methyl sites for hydroxylation is 1. The van der Waals surface area contributed by atoms with E-state index in [1.165, 1.54) is 16.8 Å². The Kier molecular flexibility index (Phi) is 2.73. The molecule has 0 aliphatic heterocycles. The summed E-state index contributed by atoms with van der Waals surface area (Å²) < 4.78 is 1.12. The highest BCUT2D eigenvalue weighted by Crippen LogP contribution is 2.24. The largest absolute Gasteiger partial charge is 0.361 e. The summed E-state index contributed by atoms with van der Waals surface area (Å²) in [6.07, 6.45) is 3.06. The standard InChI is InChI=1S/C12H12BrN/c1-2-9-6-7-14-12(9)10-4-3-5-11(13)8-10/h3-8,14H,2H2,1H3. The van der Waals surface area contributed by atoms with Gasteiger partial charge in [0.15, 0.2) is 0 Å². The summed E-state index contributed by atoms with van der Waals surface area (Å²) in [5.41, 5.74) is 3.83. The van der Waals surface area contributed by atoms with Crippen molar-refractivity contribution in [1.82, 2.24) is 4.98 Å². The summed E-state index contributed by atoms with van der Waals surface area (Å²) in [6, 6.07) is 10.5. The van der Waals surface area contributed by atoms with Gasteiger partial charge in [0.05, 0.1) is 0 Å². The lowest BCUT2D eigenvalue weighted by Crippen LogP contribution is -1.83. The number of H-pyrrole nitrogens is 1. The summed E-state index contributed by atoms with van der Waals surface area (Å²) in [5, 5.41) is 0. The van der Waals surface area contributed by atoms with Crippen molar-refractivity contribution in [1.29, 1.82) is 0 Å². The lowest BCUT2D eigenvalue weighted by atomic mass is 10.1. The lowest BCUT2D eigenvalue weighted by molar-refractivity contribution is 1.15. The zero-order valence-corrected chi connectivity index (χ0v) is 9.64. The normalized spacial score (nSPS) is 10.4. The molecule has 72 valence electrons. The van der Waals surface area contributed by atoms with E-state index in [1.807, 2.05) is 12.3 Å². The van der Waals surface area contributed by atoms with Gasteiger partial charge in [-0.15, -0.1) is 0 Å². The highest BCUT2D eigenvalue weighted by Gasteiger charge is 2.04. The van der Waals surface area contributed by atoms with E-state index in [1.54, 1.807) is 0 Å². The molecule has 14 heavy (non-hydrogen) atoms. The molecule has 0 bridgehead atoms. The third kappa shape index (κ3) is 1.75. The maximum absolute atomic E-state index is 3.48. The predicted molar refractivity (Wildman–Crippen MR) is 63.3 cm³/mol. The number of benzene rings is 1. The van der Waals surface area contributed by atoms with Gasteiger partial charge in [0, 0.05) is 16.4 Å². The third-order valence-electron chi connectivity index (χ3n) is 2.33. The first-order valence-corrected chi connectivity index (χ1v) is 5.52. The predicted octanol–water partition coefficient (Wildman–Crippen LogP) is 4.01. The first kappa shape index (κ1) is 9.53. The highest BCUT2D eigenvalue weighted by atomic mass is 79.9. The van der Waals surface area contributed by atoms with Crippen molar-refractivity contribution >= 4 is 15.9 Å². The van der Waals surface area contributed by atoms with E-state index in [2.05, 4.69) is 52.1 Å². The molecule has 1 aromatic carbocycles. The summed E-state index contributed by atoms with van der Waals surface area (Å²) in [7, 11) is 0. The van der Waals surface area contributed by atoms with Crippen LogP contribution in [0, 0.1) is 0 Å². The maximum Gasteiger partial charge on any atom is 0.0486 e. The van der Waals surface area contributed by atoms with Gasteiger partial charge in [-0.1, -0.05) is 35.0 Å². The van der Waals surface area contributed by atoms with Gasteiger partial charge in [0.25, 0.3) is 0 Å². The van der Waals surface area contributed by atoms with E-state index in [-0.39, 0.29) is 0 Å². The minimum Gasteiger partial charge on any atom is -0.361 e. The molecule has 1 aromatic heterocycles. The summed E-state index contributed by atoms with van der Waals surface area (Å²) in [6.45, 7) is 2.17. The van der Waals surface area contributed by atoms with Gasteiger partial charge in [0.1, 0.15) is 0 Å². The van der Waals surface area contributed by atoms with E-state index in [0.29, 0.717) is 0 Å². The van der Waals surface area contributed by atoms with Crippen LogP contribution in [-0.4, -0.2) is 4.98 Å². The Hall–Kier alpha value is -1.02. The number of hydrogen-bond acceptors (Lipinski definition) is 0. The average Bonchev–Trinajstić information content (AvgIpc) is 2.65. The Balaban J connectivity index is 2.49. The van der Waals surface area contributed by atoms with Crippen molar-refractivity contribution in [2.24, 2.45) is 0 Å². The van der Waals surface area contributed by atoms with E-state index in [4.69, 9.17) is 0 Å². The van der Waals surface area contributed by atoms with Crippen LogP contribution in [0.2, 0.25) is 0 Å². The van der Waals surface area contributed by atoms with Crippen LogP contribution >= 0.6 is 15.9 Å². The number of nitrogens with one attached hydrogen (secondary N) is 1. The fourth-order valence-electron chi connectivity index (χ4n) is 1.61. The summed E-state index contributed by atoms with van der Waals surface area (Å²) >= 11 is 3.48. The highest BCUT2D eigenvalue weighted by molar-refractivity contribution is 9.10. The van der Waals surface area contributed by atoms with E-state index in [9.17, 15) is 0 Å². The lowest BCUT2D eigenvalue weighted by Gasteiger charge is -2.02. The Morgan fingerprint density at radius 2 is 2.14 bits per heavy atom. The van der Waals surface area contributed by atoms with E-state index in [0.717, 1.165) is 10.9 Å². The molecule has 0 unspecified atom stereocenters. The van der Waals surface area contributed by atoms with Crippen LogP contribution < -0.4 is 0 Å². The van der Waals surface area contributed by atoms with Crippen LogP contribution in [0.25, 0.3) is 11.3 Å². The van der Waals surface area contributed by atoms with Crippen molar-refractivity contribution in [2.45, 2.75) is 13.3 Å². The number of aromatic amines is 1. The molecule has 0 radical (unpaired) electrons. The van der Waals surface area contributed by atoms with Crippen LogP contribution in [0.3, 0.4) is 0 Å². The molecule has 0 atom stereocenters. The number of halogens is 1. The van der Waals surface area contributed by atoms with E-state index >= 15 is 0 Å². The van der Waals surface area contributed by atoms with Gasteiger partial charge < -0.3 is 4.98 Å². The topological polar surface area (TPSA) is 15.8 Å². The molecule has 0 fully saturated rings. The Labute approximate surface area is 92.3 Å².